The molecule has 0 N–H and O–H groups in total. The minimum Gasteiger partial charge on any atom is -0.310 e. The first-order valence-electron chi connectivity index (χ1n) is 15.4. The fourth-order valence-corrected chi connectivity index (χ4v) is 6.02. The first-order chi connectivity index (χ1) is 21.0. The van der Waals surface area contributed by atoms with Crippen LogP contribution in [-0.4, -0.2) is 0 Å². The topological polar surface area (TPSA) is 3.24 Å². The zero-order valence-corrected chi connectivity index (χ0v) is 27.3. The van der Waals surface area contributed by atoms with Crippen LogP contribution in [0.2, 0.25) is 5.02 Å². The Morgan fingerprint density at radius 3 is 1.25 bits per heavy atom. The van der Waals surface area contributed by atoms with Gasteiger partial charge in [-0.2, -0.15) is 0 Å². The van der Waals surface area contributed by atoms with E-state index in [2.05, 4.69) is 174 Å². The summed E-state index contributed by atoms with van der Waals surface area (Å²) in [5.74, 6) is 0. The molecule has 6 aromatic rings. The van der Waals surface area contributed by atoms with Gasteiger partial charge in [0.15, 0.2) is 0 Å². The summed E-state index contributed by atoms with van der Waals surface area (Å²) < 4.78 is 0. The molecule has 0 aromatic heterocycles. The summed E-state index contributed by atoms with van der Waals surface area (Å²) in [4.78, 5) is 2.31. The van der Waals surface area contributed by atoms with Crippen molar-refractivity contribution in [2.75, 3.05) is 4.90 Å². The molecule has 0 unspecified atom stereocenters. The standard InChI is InChI=1S/C42H40ClN/c1-41(2,3)34-19-11-29(12-20-34)31-15-23-37(24-16-31)44(40-28-36(43)27-33-9-7-8-10-39(33)40)38-25-17-32(18-26-38)30-13-21-35(22-14-30)42(4,5)6/h7-28H,1-6H3. The number of halogens is 1. The largest absolute Gasteiger partial charge is 0.310 e. The third-order valence-corrected chi connectivity index (χ3v) is 8.68. The van der Waals surface area contributed by atoms with Gasteiger partial charge in [-0.05, 0) is 86.0 Å². The van der Waals surface area contributed by atoms with Gasteiger partial charge in [0.1, 0.15) is 0 Å². The molecule has 6 rings (SSSR count). The molecule has 0 aliphatic heterocycles. The molecule has 0 heterocycles. The Bertz CT molecular complexity index is 1780. The third kappa shape index (κ3) is 6.16. The highest BCUT2D eigenvalue weighted by molar-refractivity contribution is 6.32. The molecule has 0 atom stereocenters. The molecule has 0 spiro atoms. The Morgan fingerprint density at radius 1 is 0.455 bits per heavy atom. The molecule has 6 aromatic carbocycles. The number of fused-ring (bicyclic) bond motifs is 1. The molecule has 220 valence electrons. The van der Waals surface area contributed by atoms with Crippen LogP contribution in [-0.2, 0) is 10.8 Å². The average Bonchev–Trinajstić information content (AvgIpc) is 3.01. The van der Waals surface area contributed by atoms with E-state index in [9.17, 15) is 0 Å². The van der Waals surface area contributed by atoms with Crippen LogP contribution in [0, 0.1) is 0 Å². The number of hydrogen-bond acceptors (Lipinski definition) is 1. The number of hydrogen-bond donors (Lipinski definition) is 0. The van der Waals surface area contributed by atoms with Gasteiger partial charge in [-0.1, -0.05) is 150 Å². The Balaban J connectivity index is 1.41. The van der Waals surface area contributed by atoms with Gasteiger partial charge in [-0.15, -0.1) is 0 Å². The first kappa shape index (κ1) is 29.7. The number of nitrogens with zero attached hydrogens (tertiary/aromatic N) is 1. The molecule has 0 saturated carbocycles. The molecule has 0 fully saturated rings. The fraction of sp³-hybridized carbons (Fsp3) is 0.190. The van der Waals surface area contributed by atoms with Gasteiger partial charge < -0.3 is 4.90 Å². The Hall–Kier alpha value is -4.33. The molecule has 0 aliphatic carbocycles. The highest BCUT2D eigenvalue weighted by Gasteiger charge is 2.18. The van der Waals surface area contributed by atoms with Crippen LogP contribution >= 0.6 is 11.6 Å². The Labute approximate surface area is 267 Å². The Morgan fingerprint density at radius 2 is 0.841 bits per heavy atom. The zero-order valence-electron chi connectivity index (χ0n) is 26.5. The van der Waals surface area contributed by atoms with Crippen molar-refractivity contribution in [3.8, 4) is 22.3 Å². The van der Waals surface area contributed by atoms with Crippen molar-refractivity contribution in [3.63, 3.8) is 0 Å². The van der Waals surface area contributed by atoms with Gasteiger partial charge in [0.2, 0.25) is 0 Å². The summed E-state index contributed by atoms with van der Waals surface area (Å²) in [6, 6.07) is 48.1. The number of benzene rings is 6. The van der Waals surface area contributed by atoms with Crippen LogP contribution in [0.1, 0.15) is 52.7 Å². The van der Waals surface area contributed by atoms with E-state index in [1.54, 1.807) is 0 Å². The van der Waals surface area contributed by atoms with Crippen molar-refractivity contribution in [2.24, 2.45) is 0 Å². The summed E-state index contributed by atoms with van der Waals surface area (Å²) in [6.07, 6.45) is 0. The maximum Gasteiger partial charge on any atom is 0.0554 e. The van der Waals surface area contributed by atoms with Crippen LogP contribution in [0.15, 0.2) is 133 Å². The lowest BCUT2D eigenvalue weighted by Crippen LogP contribution is -2.11. The predicted molar refractivity (Wildman–Crippen MR) is 192 cm³/mol. The summed E-state index contributed by atoms with van der Waals surface area (Å²) in [6.45, 7) is 13.5. The molecule has 0 amide bonds. The maximum absolute atomic E-state index is 6.72. The molecular weight excluding hydrogens is 554 g/mol. The predicted octanol–water partition coefficient (Wildman–Crippen LogP) is 12.9. The number of anilines is 3. The lowest BCUT2D eigenvalue weighted by atomic mass is 9.86. The van der Waals surface area contributed by atoms with E-state index in [1.165, 1.54) is 33.4 Å². The molecule has 1 nitrogen and oxygen atoms in total. The minimum atomic E-state index is 0.133. The lowest BCUT2D eigenvalue weighted by Gasteiger charge is -2.27. The normalized spacial score (nSPS) is 12.0. The van der Waals surface area contributed by atoms with Crippen molar-refractivity contribution < 1.29 is 0 Å². The lowest BCUT2D eigenvalue weighted by molar-refractivity contribution is 0.590. The van der Waals surface area contributed by atoms with E-state index < -0.39 is 0 Å². The van der Waals surface area contributed by atoms with E-state index in [0.717, 1.165) is 32.9 Å². The fourth-order valence-electron chi connectivity index (χ4n) is 5.80. The zero-order chi connectivity index (χ0) is 31.1. The van der Waals surface area contributed by atoms with E-state index in [-0.39, 0.29) is 10.8 Å². The minimum absolute atomic E-state index is 0.133. The van der Waals surface area contributed by atoms with E-state index >= 15 is 0 Å². The van der Waals surface area contributed by atoms with Crippen LogP contribution in [0.25, 0.3) is 33.0 Å². The molecular formula is C42H40ClN. The molecule has 0 saturated heterocycles. The van der Waals surface area contributed by atoms with Crippen LogP contribution in [0.5, 0.6) is 0 Å². The average molecular weight is 594 g/mol. The van der Waals surface area contributed by atoms with Gasteiger partial charge in [-0.25, -0.2) is 0 Å². The van der Waals surface area contributed by atoms with Crippen molar-refractivity contribution in [1.29, 1.82) is 0 Å². The highest BCUT2D eigenvalue weighted by Crippen LogP contribution is 2.42. The first-order valence-corrected chi connectivity index (χ1v) is 15.8. The van der Waals surface area contributed by atoms with Crippen molar-refractivity contribution in [2.45, 2.75) is 52.4 Å². The molecule has 0 radical (unpaired) electrons. The highest BCUT2D eigenvalue weighted by atomic mass is 35.5. The van der Waals surface area contributed by atoms with E-state index in [4.69, 9.17) is 11.6 Å². The molecule has 0 bridgehead atoms. The van der Waals surface area contributed by atoms with Gasteiger partial charge in [-0.3, -0.25) is 0 Å². The summed E-state index contributed by atoms with van der Waals surface area (Å²) in [7, 11) is 0. The van der Waals surface area contributed by atoms with Crippen molar-refractivity contribution >= 4 is 39.4 Å². The molecule has 0 aliphatic rings. The van der Waals surface area contributed by atoms with Crippen LogP contribution in [0.4, 0.5) is 17.1 Å². The maximum atomic E-state index is 6.72. The van der Waals surface area contributed by atoms with Gasteiger partial charge in [0.05, 0.1) is 5.69 Å². The number of rotatable bonds is 5. The van der Waals surface area contributed by atoms with E-state index in [0.29, 0.717) is 0 Å². The second-order valence-corrected chi connectivity index (χ2v) is 14.2. The Kier molecular flexibility index (Phi) is 7.86. The summed E-state index contributed by atoms with van der Waals surface area (Å²) >= 11 is 6.72. The SMILES string of the molecule is CC(C)(C)c1ccc(-c2ccc(N(c3ccc(-c4ccc(C(C)(C)C)cc4)cc3)c3cc(Cl)cc4ccccc34)cc2)cc1. The van der Waals surface area contributed by atoms with E-state index in [1.807, 2.05) is 6.07 Å². The summed E-state index contributed by atoms with van der Waals surface area (Å²) in [5, 5.41) is 2.99. The van der Waals surface area contributed by atoms with Gasteiger partial charge in [0.25, 0.3) is 0 Å². The summed E-state index contributed by atoms with van der Waals surface area (Å²) in [5.41, 5.74) is 11.0. The smallest absolute Gasteiger partial charge is 0.0554 e. The van der Waals surface area contributed by atoms with Crippen molar-refractivity contribution in [1.82, 2.24) is 0 Å². The van der Waals surface area contributed by atoms with Crippen LogP contribution < -0.4 is 4.90 Å². The molecule has 2 heteroatoms. The van der Waals surface area contributed by atoms with Crippen molar-refractivity contribution in [3.05, 3.63) is 150 Å². The second kappa shape index (κ2) is 11.6. The monoisotopic (exact) mass is 593 g/mol. The second-order valence-electron chi connectivity index (χ2n) is 13.7. The molecule has 44 heavy (non-hydrogen) atoms. The van der Waals surface area contributed by atoms with Crippen LogP contribution in [0.3, 0.4) is 0 Å². The quantitative estimate of drug-likeness (QED) is 0.192. The van der Waals surface area contributed by atoms with Gasteiger partial charge in [0, 0.05) is 21.8 Å². The third-order valence-electron chi connectivity index (χ3n) is 8.47. The van der Waals surface area contributed by atoms with Gasteiger partial charge >= 0.3 is 0 Å².